The number of aromatic nitrogens is 2. The number of hydrogen-bond donors (Lipinski definition) is 0. The lowest BCUT2D eigenvalue weighted by Crippen LogP contribution is -2.47. The lowest BCUT2D eigenvalue weighted by atomic mass is 9.75. The molecule has 3 fully saturated rings. The quantitative estimate of drug-likeness (QED) is 0.391. The minimum atomic E-state index is -0.809. The monoisotopic (exact) mass is 594 g/mol. The third-order valence-corrected chi connectivity index (χ3v) is 10.1. The number of amides is 2. The van der Waals surface area contributed by atoms with Gasteiger partial charge in [0, 0.05) is 49.5 Å². The second kappa shape index (κ2) is 11.3. The predicted octanol–water partition coefficient (Wildman–Crippen LogP) is 4.15. The van der Waals surface area contributed by atoms with E-state index in [4.69, 9.17) is 4.99 Å². The molecule has 3 aromatic rings. The van der Waals surface area contributed by atoms with Gasteiger partial charge in [-0.2, -0.15) is 5.10 Å². The smallest absolute Gasteiger partial charge is 0.256 e. The first-order chi connectivity index (χ1) is 21.2. The molecule has 7 rings (SSSR count). The van der Waals surface area contributed by atoms with Crippen molar-refractivity contribution in [3.8, 4) is 11.1 Å². The van der Waals surface area contributed by atoms with Crippen LogP contribution in [-0.4, -0.2) is 93.7 Å². The van der Waals surface area contributed by atoms with Crippen LogP contribution in [0.15, 0.2) is 53.7 Å². The van der Waals surface area contributed by atoms with E-state index in [-0.39, 0.29) is 35.4 Å². The van der Waals surface area contributed by atoms with E-state index in [0.717, 1.165) is 59.2 Å². The summed E-state index contributed by atoms with van der Waals surface area (Å²) in [7, 11) is 5.78. The van der Waals surface area contributed by atoms with Gasteiger partial charge in [0.25, 0.3) is 5.91 Å². The Morgan fingerprint density at radius 1 is 0.932 bits per heavy atom. The normalized spacial score (nSPS) is 25.5. The lowest BCUT2D eigenvalue weighted by Gasteiger charge is -2.34. The summed E-state index contributed by atoms with van der Waals surface area (Å²) in [5.41, 5.74) is 3.41. The Bertz CT molecular complexity index is 1630. The molecule has 1 atom stereocenters. The number of carbonyl (C=O) groups excluding carboxylic acids is 3. The highest BCUT2D eigenvalue weighted by Gasteiger charge is 2.51. The van der Waals surface area contributed by atoms with Crippen molar-refractivity contribution >= 4 is 34.3 Å². The number of nitrogens with zero attached hydrogens (tertiary/aromatic N) is 6. The molecule has 2 aliphatic heterocycles. The number of likely N-dealkylation sites (tertiary alicyclic amines) is 1. The van der Waals surface area contributed by atoms with Crippen molar-refractivity contribution in [2.75, 3.05) is 40.3 Å². The van der Waals surface area contributed by atoms with Crippen LogP contribution in [0.2, 0.25) is 0 Å². The van der Waals surface area contributed by atoms with Crippen molar-refractivity contribution in [2.24, 2.45) is 29.8 Å². The Labute approximate surface area is 258 Å². The molecule has 2 aromatic carbocycles. The largest absolute Gasteiger partial charge is 0.342 e. The molecule has 0 radical (unpaired) electrons. The molecule has 2 saturated carbocycles. The van der Waals surface area contributed by atoms with Crippen molar-refractivity contribution < 1.29 is 14.4 Å². The number of aliphatic imine (C=N–C) groups is 1. The number of ketones is 1. The Morgan fingerprint density at radius 3 is 2.34 bits per heavy atom. The molecule has 4 aliphatic rings. The molecule has 0 N–H and O–H groups in total. The molecule has 1 aromatic heterocycles. The highest BCUT2D eigenvalue weighted by atomic mass is 16.2. The Morgan fingerprint density at radius 2 is 1.64 bits per heavy atom. The minimum absolute atomic E-state index is 0.0169. The first-order valence-corrected chi connectivity index (χ1v) is 16.1. The maximum atomic E-state index is 14.3. The molecule has 1 saturated heterocycles. The molecule has 0 bridgehead atoms. The van der Waals surface area contributed by atoms with Gasteiger partial charge in [0.1, 0.15) is 17.2 Å². The van der Waals surface area contributed by atoms with Crippen molar-refractivity contribution in [3.05, 3.63) is 54.2 Å². The molecule has 2 aliphatic carbocycles. The first kappa shape index (κ1) is 28.9. The number of carbonyl (C=O) groups is 3. The third kappa shape index (κ3) is 5.36. The SMILES string of the molecule is CN(C)CC(=O)C1CCC2(CC1)N=C(c1ccc(-c3ccc4c(cnn4C)c3)cc1)N(C[C@@H]1CCN(C(=O)C3CC3)C1)C2=O. The minimum Gasteiger partial charge on any atom is -0.342 e. The summed E-state index contributed by atoms with van der Waals surface area (Å²) in [6.07, 6.45) is 7.36. The summed E-state index contributed by atoms with van der Waals surface area (Å²) in [6, 6.07) is 14.7. The zero-order chi connectivity index (χ0) is 30.6. The van der Waals surface area contributed by atoms with Crippen molar-refractivity contribution in [1.82, 2.24) is 24.5 Å². The maximum absolute atomic E-state index is 14.3. The van der Waals surface area contributed by atoms with Gasteiger partial charge in [-0.15, -0.1) is 0 Å². The summed E-state index contributed by atoms with van der Waals surface area (Å²) in [4.78, 5) is 50.9. The van der Waals surface area contributed by atoms with Crippen LogP contribution in [0, 0.1) is 17.8 Å². The Balaban J connectivity index is 1.14. The number of aryl methyl sites for hydroxylation is 1. The van der Waals surface area contributed by atoms with E-state index in [2.05, 4.69) is 47.6 Å². The van der Waals surface area contributed by atoms with Crippen molar-refractivity contribution in [3.63, 3.8) is 0 Å². The van der Waals surface area contributed by atoms with E-state index in [1.165, 1.54) is 0 Å². The standard InChI is InChI=1S/C35H42N6O3/c1-38(2)22-31(42)25-12-15-35(16-13-25)34(44)41(21-23-14-17-40(20-23)33(43)27-8-9-27)32(37-35)26-6-4-24(5-7-26)28-10-11-30-29(18-28)19-36-39(30)3/h4-7,10-11,18-19,23,25,27H,8-9,12-17,20-22H2,1-3H3/t23-,25?,35?/m1/s1. The van der Waals surface area contributed by atoms with Gasteiger partial charge < -0.3 is 9.80 Å². The van der Waals surface area contributed by atoms with Gasteiger partial charge in [-0.1, -0.05) is 30.3 Å². The van der Waals surface area contributed by atoms with E-state index in [1.807, 2.05) is 46.7 Å². The first-order valence-electron chi connectivity index (χ1n) is 16.1. The van der Waals surface area contributed by atoms with Gasteiger partial charge in [-0.25, -0.2) is 0 Å². The number of rotatable bonds is 8. The summed E-state index contributed by atoms with van der Waals surface area (Å²) < 4.78 is 1.87. The number of amidine groups is 1. The van der Waals surface area contributed by atoms with Crippen LogP contribution in [0.1, 0.15) is 50.5 Å². The van der Waals surface area contributed by atoms with E-state index >= 15 is 0 Å². The summed E-state index contributed by atoms with van der Waals surface area (Å²) in [5, 5.41) is 5.47. The van der Waals surface area contributed by atoms with E-state index < -0.39 is 5.54 Å². The fraction of sp³-hybridized carbons (Fsp3) is 0.514. The van der Waals surface area contributed by atoms with Gasteiger partial charge in [-0.05, 0) is 88.2 Å². The van der Waals surface area contributed by atoms with Crippen LogP contribution in [0.3, 0.4) is 0 Å². The number of fused-ring (bicyclic) bond motifs is 1. The van der Waals surface area contributed by atoms with E-state index in [9.17, 15) is 14.4 Å². The fourth-order valence-corrected chi connectivity index (χ4v) is 7.42. The zero-order valence-corrected chi connectivity index (χ0v) is 26.0. The molecular formula is C35H42N6O3. The molecular weight excluding hydrogens is 552 g/mol. The van der Waals surface area contributed by atoms with E-state index in [1.54, 1.807) is 0 Å². The average Bonchev–Trinajstić information content (AvgIpc) is 3.58. The molecule has 3 heterocycles. The van der Waals surface area contributed by atoms with Crippen molar-refractivity contribution in [1.29, 1.82) is 0 Å². The fourth-order valence-electron chi connectivity index (χ4n) is 7.42. The predicted molar refractivity (Wildman–Crippen MR) is 170 cm³/mol. The molecule has 1 spiro atoms. The number of likely N-dealkylation sites (N-methyl/N-ethyl adjacent to an activating group) is 1. The average molecular weight is 595 g/mol. The lowest BCUT2D eigenvalue weighted by molar-refractivity contribution is -0.134. The van der Waals surface area contributed by atoms with Gasteiger partial charge in [-0.3, -0.25) is 29.0 Å². The Hall–Kier alpha value is -3.85. The summed E-state index contributed by atoms with van der Waals surface area (Å²) in [6.45, 7) is 2.47. The second-order valence-electron chi connectivity index (χ2n) is 13.7. The zero-order valence-electron chi connectivity index (χ0n) is 26.0. The summed E-state index contributed by atoms with van der Waals surface area (Å²) >= 11 is 0. The maximum Gasteiger partial charge on any atom is 0.256 e. The molecule has 230 valence electrons. The van der Waals surface area contributed by atoms with Gasteiger partial charge in [0.2, 0.25) is 5.91 Å². The van der Waals surface area contributed by atoms with Crippen molar-refractivity contribution in [2.45, 2.75) is 50.5 Å². The van der Waals surface area contributed by atoms with Crippen LogP contribution in [0.5, 0.6) is 0 Å². The van der Waals surface area contributed by atoms with E-state index in [0.29, 0.717) is 45.3 Å². The third-order valence-electron chi connectivity index (χ3n) is 10.1. The molecule has 2 amide bonds. The van der Waals surface area contributed by atoms with Crippen LogP contribution in [-0.2, 0) is 21.4 Å². The van der Waals surface area contributed by atoms with Gasteiger partial charge in [0.15, 0.2) is 0 Å². The number of Topliss-reactive ketones (excluding diaryl/α,β-unsaturated/α-hetero) is 1. The van der Waals surface area contributed by atoms with Crippen LogP contribution >= 0.6 is 0 Å². The molecule has 9 nitrogen and oxygen atoms in total. The van der Waals surface area contributed by atoms with Crippen LogP contribution < -0.4 is 0 Å². The Kier molecular flexibility index (Phi) is 7.39. The molecule has 44 heavy (non-hydrogen) atoms. The second-order valence-corrected chi connectivity index (χ2v) is 13.7. The highest BCUT2D eigenvalue weighted by Crippen LogP contribution is 2.42. The van der Waals surface area contributed by atoms with Gasteiger partial charge >= 0.3 is 0 Å². The molecule has 9 heteroatoms. The topological polar surface area (TPSA) is 91.1 Å². The highest BCUT2D eigenvalue weighted by molar-refractivity contribution is 6.15. The molecule has 0 unspecified atom stereocenters. The number of hydrogen-bond acceptors (Lipinski definition) is 6. The van der Waals surface area contributed by atoms with Crippen LogP contribution in [0.25, 0.3) is 22.0 Å². The summed E-state index contributed by atoms with van der Waals surface area (Å²) in [5.74, 6) is 1.75. The van der Waals surface area contributed by atoms with Crippen LogP contribution in [0.4, 0.5) is 0 Å². The van der Waals surface area contributed by atoms with Gasteiger partial charge in [0.05, 0.1) is 18.3 Å². The number of benzene rings is 2.